The first-order valence-corrected chi connectivity index (χ1v) is 10.9. The van der Waals surface area contributed by atoms with Crippen molar-refractivity contribution in [2.45, 2.75) is 37.1 Å². The third-order valence-electron chi connectivity index (χ3n) is 6.47. The number of nitriles is 1. The first-order valence-electron chi connectivity index (χ1n) is 10.9. The van der Waals surface area contributed by atoms with E-state index >= 15 is 0 Å². The molecule has 1 aliphatic rings. The fraction of sp³-hybridized carbons (Fsp3) is 0.320. The topological polar surface area (TPSA) is 105 Å². The minimum absolute atomic E-state index is 0.0596. The summed E-state index contributed by atoms with van der Waals surface area (Å²) in [7, 11) is 1.66. The number of rotatable bonds is 5. The van der Waals surface area contributed by atoms with Crippen molar-refractivity contribution >= 4 is 22.8 Å². The molecular weight excluding hydrogens is 400 g/mol. The number of hydrogen-bond acceptors (Lipinski definition) is 3. The molecule has 0 radical (unpaired) electrons. The van der Waals surface area contributed by atoms with Gasteiger partial charge in [0.2, 0.25) is 5.96 Å². The van der Waals surface area contributed by atoms with E-state index in [2.05, 4.69) is 50.2 Å². The van der Waals surface area contributed by atoms with Gasteiger partial charge in [-0.05, 0) is 54.8 Å². The Morgan fingerprint density at radius 2 is 1.97 bits per heavy atom. The zero-order chi connectivity index (χ0) is 22.4. The monoisotopic (exact) mass is 428 g/mol. The minimum atomic E-state index is -0.127. The zero-order valence-corrected chi connectivity index (χ0v) is 18.2. The van der Waals surface area contributed by atoms with E-state index in [1.165, 1.54) is 5.56 Å². The SMILES string of the molecule is CN=C(NC#N)NC1CCC(CNC(=O)c2ccc3cc[nH]c3c2)(c2ccccc2)CC1. The Morgan fingerprint density at radius 3 is 2.69 bits per heavy atom. The molecule has 1 saturated carbocycles. The number of nitrogens with one attached hydrogen (secondary N) is 4. The molecule has 7 heteroatoms. The van der Waals surface area contributed by atoms with E-state index in [4.69, 9.17) is 5.26 Å². The molecule has 3 aromatic rings. The van der Waals surface area contributed by atoms with Gasteiger partial charge in [0, 0.05) is 42.3 Å². The van der Waals surface area contributed by atoms with Gasteiger partial charge in [0.15, 0.2) is 6.19 Å². The van der Waals surface area contributed by atoms with E-state index in [0.717, 1.165) is 36.6 Å². The third kappa shape index (κ3) is 4.59. The molecule has 4 rings (SSSR count). The van der Waals surface area contributed by atoms with Crippen LogP contribution < -0.4 is 16.0 Å². The van der Waals surface area contributed by atoms with Gasteiger partial charge in [-0.1, -0.05) is 36.4 Å². The van der Waals surface area contributed by atoms with Crippen molar-refractivity contribution in [3.8, 4) is 6.19 Å². The van der Waals surface area contributed by atoms with Gasteiger partial charge in [-0.2, -0.15) is 5.26 Å². The number of benzene rings is 2. The Labute approximate surface area is 187 Å². The maximum Gasteiger partial charge on any atom is 0.251 e. The van der Waals surface area contributed by atoms with Crippen molar-refractivity contribution in [2.24, 2.45) is 4.99 Å². The molecule has 1 heterocycles. The molecular formula is C25H28N6O. The molecule has 1 aromatic heterocycles. The average molecular weight is 429 g/mol. The van der Waals surface area contributed by atoms with Crippen LogP contribution >= 0.6 is 0 Å². The van der Waals surface area contributed by atoms with E-state index in [0.29, 0.717) is 18.1 Å². The average Bonchev–Trinajstić information content (AvgIpc) is 3.32. The number of amides is 1. The fourth-order valence-electron chi connectivity index (χ4n) is 4.62. The van der Waals surface area contributed by atoms with E-state index in [1.807, 2.05) is 42.7 Å². The largest absolute Gasteiger partial charge is 0.361 e. The Bertz CT molecular complexity index is 1140. The first-order chi connectivity index (χ1) is 15.6. The lowest BCUT2D eigenvalue weighted by Crippen LogP contribution is -2.49. The molecule has 2 aromatic carbocycles. The van der Waals surface area contributed by atoms with Gasteiger partial charge in [0.1, 0.15) is 0 Å². The summed E-state index contributed by atoms with van der Waals surface area (Å²) in [4.78, 5) is 20.2. The van der Waals surface area contributed by atoms with Gasteiger partial charge in [-0.25, -0.2) is 0 Å². The van der Waals surface area contributed by atoms with Crippen LogP contribution in [0.15, 0.2) is 65.8 Å². The van der Waals surface area contributed by atoms with E-state index in [-0.39, 0.29) is 17.4 Å². The van der Waals surface area contributed by atoms with Crippen molar-refractivity contribution < 1.29 is 4.79 Å². The molecule has 0 aliphatic heterocycles. The molecule has 32 heavy (non-hydrogen) atoms. The van der Waals surface area contributed by atoms with Crippen molar-refractivity contribution in [1.82, 2.24) is 20.9 Å². The molecule has 1 amide bonds. The molecule has 1 fully saturated rings. The second-order valence-electron chi connectivity index (χ2n) is 8.34. The molecule has 0 bridgehead atoms. The highest BCUT2D eigenvalue weighted by atomic mass is 16.1. The Morgan fingerprint density at radius 1 is 1.19 bits per heavy atom. The van der Waals surface area contributed by atoms with Crippen molar-refractivity contribution in [3.63, 3.8) is 0 Å². The maximum atomic E-state index is 13.0. The molecule has 0 unspecified atom stereocenters. The standard InChI is InChI=1S/C25H28N6O/c1-27-24(30-17-26)31-21-9-12-25(13-10-21,20-5-3-2-4-6-20)16-29-23(32)19-8-7-18-11-14-28-22(18)15-19/h2-8,11,14-15,21,28H,9-10,12-13,16H2,1H3,(H,29,32)(H2,27,30,31). The molecule has 164 valence electrons. The highest BCUT2D eigenvalue weighted by Crippen LogP contribution is 2.39. The van der Waals surface area contributed by atoms with Crippen LogP contribution in [0.2, 0.25) is 0 Å². The summed E-state index contributed by atoms with van der Waals surface area (Å²) in [5, 5.41) is 19.1. The van der Waals surface area contributed by atoms with Gasteiger partial charge >= 0.3 is 0 Å². The van der Waals surface area contributed by atoms with Crippen LogP contribution in [0.5, 0.6) is 0 Å². The predicted octanol–water partition coefficient (Wildman–Crippen LogP) is 3.42. The number of fused-ring (bicyclic) bond motifs is 1. The van der Waals surface area contributed by atoms with Crippen LogP contribution in [-0.2, 0) is 5.41 Å². The van der Waals surface area contributed by atoms with Crippen LogP contribution in [0.25, 0.3) is 10.9 Å². The second kappa shape index (κ2) is 9.56. The second-order valence-corrected chi connectivity index (χ2v) is 8.34. The molecule has 0 atom stereocenters. The quantitative estimate of drug-likeness (QED) is 0.216. The Kier molecular flexibility index (Phi) is 6.41. The van der Waals surface area contributed by atoms with Crippen molar-refractivity contribution in [3.05, 3.63) is 71.9 Å². The highest BCUT2D eigenvalue weighted by molar-refractivity contribution is 5.97. The fourth-order valence-corrected chi connectivity index (χ4v) is 4.62. The number of nitrogens with zero attached hydrogens (tertiary/aromatic N) is 2. The third-order valence-corrected chi connectivity index (χ3v) is 6.47. The number of hydrogen-bond donors (Lipinski definition) is 4. The Hall–Kier alpha value is -3.79. The number of guanidine groups is 1. The Balaban J connectivity index is 1.47. The van der Waals surface area contributed by atoms with Gasteiger partial charge in [0.05, 0.1) is 0 Å². The van der Waals surface area contributed by atoms with E-state index < -0.39 is 0 Å². The summed E-state index contributed by atoms with van der Waals surface area (Å²) in [5.41, 5.74) is 2.74. The van der Waals surface area contributed by atoms with Crippen LogP contribution in [-0.4, -0.2) is 36.5 Å². The summed E-state index contributed by atoms with van der Waals surface area (Å²) >= 11 is 0. The molecule has 4 N–H and O–H groups in total. The number of aromatic amines is 1. The molecule has 0 spiro atoms. The number of carbonyl (C=O) groups is 1. The van der Waals surface area contributed by atoms with E-state index in [9.17, 15) is 4.79 Å². The lowest BCUT2D eigenvalue weighted by molar-refractivity contribution is 0.0935. The smallest absolute Gasteiger partial charge is 0.251 e. The van der Waals surface area contributed by atoms with Crippen LogP contribution in [0, 0.1) is 11.5 Å². The van der Waals surface area contributed by atoms with Crippen LogP contribution in [0.3, 0.4) is 0 Å². The normalized spacial score (nSPS) is 21.0. The number of aliphatic imine (C=N–C) groups is 1. The predicted molar refractivity (Wildman–Crippen MR) is 126 cm³/mol. The van der Waals surface area contributed by atoms with Crippen LogP contribution in [0.4, 0.5) is 0 Å². The lowest BCUT2D eigenvalue weighted by atomic mass is 9.68. The summed E-state index contributed by atoms with van der Waals surface area (Å²) in [5.74, 6) is 0.438. The van der Waals surface area contributed by atoms with Crippen molar-refractivity contribution in [1.29, 1.82) is 5.26 Å². The van der Waals surface area contributed by atoms with Crippen LogP contribution in [0.1, 0.15) is 41.6 Å². The molecule has 7 nitrogen and oxygen atoms in total. The summed E-state index contributed by atoms with van der Waals surface area (Å²) in [6, 6.07) is 18.4. The van der Waals surface area contributed by atoms with Gasteiger partial charge in [0.25, 0.3) is 5.91 Å². The minimum Gasteiger partial charge on any atom is -0.361 e. The zero-order valence-electron chi connectivity index (χ0n) is 18.2. The van der Waals surface area contributed by atoms with Crippen molar-refractivity contribution in [2.75, 3.05) is 13.6 Å². The maximum absolute atomic E-state index is 13.0. The van der Waals surface area contributed by atoms with Gasteiger partial charge in [-0.3, -0.25) is 15.1 Å². The van der Waals surface area contributed by atoms with Gasteiger partial charge in [-0.15, -0.1) is 0 Å². The summed E-state index contributed by atoms with van der Waals surface area (Å²) in [6.45, 7) is 0.580. The first kappa shape index (κ1) is 21.4. The van der Waals surface area contributed by atoms with Gasteiger partial charge < -0.3 is 15.6 Å². The summed E-state index contributed by atoms with van der Waals surface area (Å²) < 4.78 is 0. The summed E-state index contributed by atoms with van der Waals surface area (Å²) in [6.07, 6.45) is 7.49. The number of aromatic nitrogens is 1. The molecule has 0 saturated heterocycles. The number of carbonyl (C=O) groups excluding carboxylic acids is 1. The molecule has 1 aliphatic carbocycles. The lowest BCUT2D eigenvalue weighted by Gasteiger charge is -2.41. The number of H-pyrrole nitrogens is 1. The van der Waals surface area contributed by atoms with E-state index in [1.54, 1.807) is 7.05 Å². The highest BCUT2D eigenvalue weighted by Gasteiger charge is 2.37.